The number of ether oxygens (including phenoxy) is 1. The summed E-state index contributed by atoms with van der Waals surface area (Å²) >= 11 is 0. The second-order valence-electron chi connectivity index (χ2n) is 3.70. The molecule has 0 unspecified atom stereocenters. The average molecular weight is 282 g/mol. The Bertz CT molecular complexity index is 433. The molecule has 1 rings (SSSR count). The lowest BCUT2D eigenvalue weighted by molar-refractivity contribution is -0.386. The Morgan fingerprint density at radius 2 is 2.21 bits per heavy atom. The van der Waals surface area contributed by atoms with Gasteiger partial charge in [-0.15, -0.1) is 5.10 Å². The number of nitrogens with zero attached hydrogens (tertiary/aromatic N) is 3. The Kier molecular flexibility index (Phi) is 5.10. The van der Waals surface area contributed by atoms with E-state index < -0.39 is 35.7 Å². The maximum atomic E-state index is 11.9. The molecule has 0 aliphatic heterocycles. The molecule has 0 saturated heterocycles. The van der Waals surface area contributed by atoms with Gasteiger partial charge in [0, 0.05) is 6.54 Å². The molecule has 1 aromatic rings. The van der Waals surface area contributed by atoms with Crippen molar-refractivity contribution in [3.05, 3.63) is 16.3 Å². The van der Waals surface area contributed by atoms with E-state index in [9.17, 15) is 23.3 Å². The lowest BCUT2D eigenvalue weighted by atomic mass is 10.4. The molecule has 0 fully saturated rings. The number of hydrogen-bond acceptors (Lipinski definition) is 5. The molecule has 0 bridgehead atoms. The van der Waals surface area contributed by atoms with Crippen molar-refractivity contribution in [3.63, 3.8) is 0 Å². The van der Waals surface area contributed by atoms with Gasteiger partial charge in [-0.25, -0.2) is 0 Å². The minimum atomic E-state index is -4.38. The molecule has 19 heavy (non-hydrogen) atoms. The first-order chi connectivity index (χ1) is 8.83. The average Bonchev–Trinajstić information content (AvgIpc) is 2.68. The molecule has 2 N–H and O–H groups in total. The van der Waals surface area contributed by atoms with Crippen molar-refractivity contribution in [1.82, 2.24) is 9.78 Å². The summed E-state index contributed by atoms with van der Waals surface area (Å²) in [6.45, 7) is -0.00383. The summed E-state index contributed by atoms with van der Waals surface area (Å²) in [6.07, 6.45) is -3.92. The third kappa shape index (κ3) is 5.12. The van der Waals surface area contributed by atoms with Crippen LogP contribution < -0.4 is 10.5 Å². The van der Waals surface area contributed by atoms with E-state index in [1.54, 1.807) is 0 Å². The van der Waals surface area contributed by atoms with Crippen LogP contribution in [0.5, 0.6) is 5.88 Å². The van der Waals surface area contributed by atoms with Crippen LogP contribution in [0.4, 0.5) is 18.9 Å². The van der Waals surface area contributed by atoms with E-state index in [-0.39, 0.29) is 0 Å². The molecule has 0 amide bonds. The number of aryl methyl sites for hydroxylation is 1. The van der Waals surface area contributed by atoms with E-state index in [1.165, 1.54) is 4.68 Å². The molecular weight excluding hydrogens is 269 g/mol. The van der Waals surface area contributed by atoms with Crippen LogP contribution in [0.1, 0.15) is 12.8 Å². The smallest absolute Gasteiger partial charge is 0.392 e. The van der Waals surface area contributed by atoms with E-state index in [2.05, 4.69) is 5.10 Å². The fourth-order valence-electron chi connectivity index (χ4n) is 1.25. The maximum absolute atomic E-state index is 11.9. The standard InChI is InChI=1S/C9H13F3N4O3/c10-9(11,12)2-5-19-8-7(16(17)18)6-15(14-8)4-1-3-13/h6H,1-5,13H2. The highest BCUT2D eigenvalue weighted by molar-refractivity contribution is 5.38. The summed E-state index contributed by atoms with van der Waals surface area (Å²) in [4.78, 5) is 9.94. The van der Waals surface area contributed by atoms with E-state index in [0.29, 0.717) is 19.5 Å². The third-order valence-electron chi connectivity index (χ3n) is 2.12. The molecule has 0 radical (unpaired) electrons. The number of aromatic nitrogens is 2. The summed E-state index contributed by atoms with van der Waals surface area (Å²) in [5, 5.41) is 14.4. The predicted octanol–water partition coefficient (Wildman–Crippen LogP) is 1.47. The number of nitro groups is 1. The lowest BCUT2D eigenvalue weighted by Crippen LogP contribution is -2.13. The van der Waals surface area contributed by atoms with Gasteiger partial charge >= 0.3 is 17.7 Å². The van der Waals surface area contributed by atoms with Gasteiger partial charge in [-0.3, -0.25) is 14.8 Å². The SMILES string of the molecule is NCCCn1cc([N+](=O)[O-])c(OCCC(F)(F)F)n1. The molecule has 108 valence electrons. The van der Waals surface area contributed by atoms with Gasteiger partial charge < -0.3 is 10.5 Å². The van der Waals surface area contributed by atoms with E-state index in [4.69, 9.17) is 10.5 Å². The van der Waals surface area contributed by atoms with Gasteiger partial charge in [0.2, 0.25) is 0 Å². The van der Waals surface area contributed by atoms with Crippen LogP contribution in [0.2, 0.25) is 0 Å². The monoisotopic (exact) mass is 282 g/mol. The van der Waals surface area contributed by atoms with Gasteiger partial charge in [0.15, 0.2) is 0 Å². The fraction of sp³-hybridized carbons (Fsp3) is 0.667. The summed E-state index contributed by atoms with van der Waals surface area (Å²) in [7, 11) is 0. The van der Waals surface area contributed by atoms with Gasteiger partial charge in [-0.05, 0) is 13.0 Å². The second-order valence-corrected chi connectivity index (χ2v) is 3.70. The first-order valence-electron chi connectivity index (χ1n) is 5.45. The van der Waals surface area contributed by atoms with Gasteiger partial charge in [-0.2, -0.15) is 13.2 Å². The van der Waals surface area contributed by atoms with Crippen molar-refractivity contribution in [3.8, 4) is 5.88 Å². The zero-order valence-electron chi connectivity index (χ0n) is 9.89. The predicted molar refractivity (Wildman–Crippen MR) is 58.7 cm³/mol. The topological polar surface area (TPSA) is 96.2 Å². The van der Waals surface area contributed by atoms with Crippen molar-refractivity contribution >= 4 is 5.69 Å². The van der Waals surface area contributed by atoms with Gasteiger partial charge in [0.05, 0.1) is 18.0 Å². The van der Waals surface area contributed by atoms with E-state index in [0.717, 1.165) is 6.20 Å². The highest BCUT2D eigenvalue weighted by Crippen LogP contribution is 2.26. The first-order valence-corrected chi connectivity index (χ1v) is 5.45. The quantitative estimate of drug-likeness (QED) is 0.603. The van der Waals surface area contributed by atoms with Crippen molar-refractivity contribution in [1.29, 1.82) is 0 Å². The van der Waals surface area contributed by atoms with Gasteiger partial charge in [0.1, 0.15) is 6.20 Å². The first kappa shape index (κ1) is 15.2. The number of rotatable bonds is 7. The molecule has 1 heterocycles. The van der Waals surface area contributed by atoms with Crippen molar-refractivity contribution < 1.29 is 22.8 Å². The number of halogens is 3. The summed E-state index contributed by atoms with van der Waals surface area (Å²) in [5.41, 5.74) is 4.82. The molecule has 1 aromatic heterocycles. The molecule has 0 atom stereocenters. The van der Waals surface area contributed by atoms with Crippen molar-refractivity contribution in [2.24, 2.45) is 5.73 Å². The Morgan fingerprint density at radius 3 is 2.74 bits per heavy atom. The summed E-state index contributed by atoms with van der Waals surface area (Å²) in [5.74, 6) is -0.411. The molecule has 10 heteroatoms. The molecule has 0 aromatic carbocycles. The lowest BCUT2D eigenvalue weighted by Gasteiger charge is -2.05. The van der Waals surface area contributed by atoms with Crippen LogP contribution in [-0.2, 0) is 6.54 Å². The number of nitrogens with two attached hydrogens (primary N) is 1. The Morgan fingerprint density at radius 1 is 1.53 bits per heavy atom. The summed E-state index contributed by atoms with van der Waals surface area (Å²) < 4.78 is 41.7. The molecule has 7 nitrogen and oxygen atoms in total. The highest BCUT2D eigenvalue weighted by Gasteiger charge is 2.28. The van der Waals surface area contributed by atoms with Crippen molar-refractivity contribution in [2.45, 2.75) is 25.6 Å². The zero-order chi connectivity index (χ0) is 14.5. The van der Waals surface area contributed by atoms with Gasteiger partial charge in [-0.1, -0.05) is 0 Å². The molecule has 0 aliphatic carbocycles. The Labute approximate surface area is 106 Å². The summed E-state index contributed by atoms with van der Waals surface area (Å²) in [6, 6.07) is 0. The molecule has 0 aliphatic rings. The van der Waals surface area contributed by atoms with Crippen molar-refractivity contribution in [2.75, 3.05) is 13.2 Å². The zero-order valence-corrected chi connectivity index (χ0v) is 9.89. The second kappa shape index (κ2) is 6.36. The number of alkyl halides is 3. The molecule has 0 saturated carbocycles. The van der Waals surface area contributed by atoms with E-state index in [1.807, 2.05) is 0 Å². The molecule has 0 spiro atoms. The highest BCUT2D eigenvalue weighted by atomic mass is 19.4. The largest absolute Gasteiger partial charge is 0.471 e. The van der Waals surface area contributed by atoms with Gasteiger partial charge in [0.25, 0.3) is 0 Å². The Balaban J connectivity index is 2.69. The van der Waals surface area contributed by atoms with Crippen LogP contribution >= 0.6 is 0 Å². The molecular formula is C9H13F3N4O3. The van der Waals surface area contributed by atoms with Crippen LogP contribution in [0.3, 0.4) is 0 Å². The van der Waals surface area contributed by atoms with Crippen LogP contribution in [0.15, 0.2) is 6.20 Å². The van der Waals surface area contributed by atoms with Crippen LogP contribution in [-0.4, -0.2) is 34.0 Å². The normalized spacial score (nSPS) is 11.6. The van der Waals surface area contributed by atoms with E-state index >= 15 is 0 Å². The van der Waals surface area contributed by atoms with Crippen LogP contribution in [0.25, 0.3) is 0 Å². The van der Waals surface area contributed by atoms with Crippen LogP contribution in [0, 0.1) is 10.1 Å². The minimum absolute atomic E-state index is 0.333. The Hall–Kier alpha value is -1.84. The third-order valence-corrected chi connectivity index (χ3v) is 2.12. The fourth-order valence-corrected chi connectivity index (χ4v) is 1.25. The maximum Gasteiger partial charge on any atom is 0.392 e. The minimum Gasteiger partial charge on any atom is -0.471 e. The number of hydrogen-bond donors (Lipinski definition) is 1.